The summed E-state index contributed by atoms with van der Waals surface area (Å²) < 4.78 is 0. The maximum Gasteiger partial charge on any atom is 0.194 e. The summed E-state index contributed by atoms with van der Waals surface area (Å²) in [6.45, 7) is 3.70. The zero-order valence-electron chi connectivity index (χ0n) is 20.8. The lowest BCUT2D eigenvalue weighted by Crippen LogP contribution is -2.22. The topological polar surface area (TPSA) is 34.1 Å². The van der Waals surface area contributed by atoms with E-state index in [0.29, 0.717) is 28.7 Å². The first-order valence-electron chi connectivity index (χ1n) is 13.0. The van der Waals surface area contributed by atoms with Crippen LogP contribution in [0.5, 0.6) is 0 Å². The predicted molar refractivity (Wildman–Crippen MR) is 151 cm³/mol. The standard InChI is InChI=1S/C18H16.C17H12O2/c1-3-7-15-13(5-1)9-11-18-16-8-4-2-6-14(16)10-12-17(15)18;1-2-6-11-7-5-10-14-15(11)17(19)13-9-4-3-8-12(13)16(14)18/h1,3-5,7-9,11H,2,6,10,12H2;2-5,7-10H,1,6H2. The van der Waals surface area contributed by atoms with Gasteiger partial charge >= 0.3 is 0 Å². The number of carbonyl (C=O) groups is 2. The minimum Gasteiger partial charge on any atom is -0.289 e. The lowest BCUT2D eigenvalue weighted by molar-refractivity contribution is 0.0978. The van der Waals surface area contributed by atoms with Crippen molar-refractivity contribution in [2.45, 2.75) is 32.1 Å². The Bertz CT molecular complexity index is 1650. The largest absolute Gasteiger partial charge is 0.289 e. The second-order valence-electron chi connectivity index (χ2n) is 9.81. The van der Waals surface area contributed by atoms with Crippen molar-refractivity contribution < 1.29 is 9.59 Å². The van der Waals surface area contributed by atoms with Crippen LogP contribution in [0.25, 0.3) is 16.3 Å². The molecule has 0 saturated carbocycles. The molecule has 0 fully saturated rings. The Labute approximate surface area is 217 Å². The van der Waals surface area contributed by atoms with E-state index < -0.39 is 0 Å². The van der Waals surface area contributed by atoms with Crippen molar-refractivity contribution in [1.29, 1.82) is 0 Å². The van der Waals surface area contributed by atoms with Crippen LogP contribution >= 0.6 is 0 Å². The fourth-order valence-corrected chi connectivity index (χ4v) is 5.93. The average Bonchev–Trinajstić information content (AvgIpc) is 2.96. The van der Waals surface area contributed by atoms with Gasteiger partial charge in [-0.1, -0.05) is 103 Å². The molecule has 2 heteroatoms. The van der Waals surface area contributed by atoms with Crippen LogP contribution in [0.3, 0.4) is 0 Å². The molecule has 37 heavy (non-hydrogen) atoms. The lowest BCUT2D eigenvalue weighted by Gasteiger charge is -2.25. The Morgan fingerprint density at radius 1 is 0.703 bits per heavy atom. The van der Waals surface area contributed by atoms with E-state index in [1.54, 1.807) is 47.5 Å². The van der Waals surface area contributed by atoms with Gasteiger partial charge in [0.05, 0.1) is 0 Å². The van der Waals surface area contributed by atoms with Gasteiger partial charge in [-0.05, 0) is 65.1 Å². The van der Waals surface area contributed by atoms with Crippen LogP contribution in [0.2, 0.25) is 0 Å². The summed E-state index contributed by atoms with van der Waals surface area (Å²) in [5.74, 6) is -0.140. The Morgan fingerprint density at radius 3 is 2.30 bits per heavy atom. The summed E-state index contributed by atoms with van der Waals surface area (Å²) in [7, 11) is 0. The van der Waals surface area contributed by atoms with Crippen LogP contribution in [0.15, 0.2) is 109 Å². The van der Waals surface area contributed by atoms with Gasteiger partial charge in [0.15, 0.2) is 11.6 Å². The summed E-state index contributed by atoms with van der Waals surface area (Å²) in [5.41, 5.74) is 9.10. The van der Waals surface area contributed by atoms with Crippen molar-refractivity contribution in [2.24, 2.45) is 0 Å². The van der Waals surface area contributed by atoms with Gasteiger partial charge in [-0.15, -0.1) is 6.58 Å². The Morgan fingerprint density at radius 2 is 1.46 bits per heavy atom. The van der Waals surface area contributed by atoms with Crippen LogP contribution in [0, 0.1) is 0 Å². The van der Waals surface area contributed by atoms with Gasteiger partial charge in [-0.2, -0.15) is 0 Å². The van der Waals surface area contributed by atoms with Gasteiger partial charge in [0, 0.05) is 22.3 Å². The molecule has 3 aliphatic rings. The molecule has 0 aromatic heterocycles. The van der Waals surface area contributed by atoms with E-state index in [1.807, 2.05) is 12.1 Å². The van der Waals surface area contributed by atoms with Gasteiger partial charge < -0.3 is 0 Å². The molecule has 0 aliphatic heterocycles. The number of carbonyl (C=O) groups excluding carboxylic acids is 2. The van der Waals surface area contributed by atoms with Gasteiger partial charge in [0.2, 0.25) is 0 Å². The molecule has 0 unspecified atom stereocenters. The van der Waals surface area contributed by atoms with Gasteiger partial charge in [-0.3, -0.25) is 9.59 Å². The number of allylic oxidation sites excluding steroid dienone is 5. The van der Waals surface area contributed by atoms with Gasteiger partial charge in [0.1, 0.15) is 0 Å². The molecule has 0 amide bonds. The number of ketones is 2. The minimum absolute atomic E-state index is 0.0670. The van der Waals surface area contributed by atoms with Crippen molar-refractivity contribution >= 4 is 27.9 Å². The summed E-state index contributed by atoms with van der Waals surface area (Å²) in [5, 5.41) is 2.82. The quantitative estimate of drug-likeness (QED) is 0.239. The molecular weight excluding hydrogens is 452 g/mol. The molecule has 7 rings (SSSR count). The molecule has 3 aliphatic carbocycles. The summed E-state index contributed by atoms with van der Waals surface area (Å²) in [4.78, 5) is 25.0. The highest BCUT2D eigenvalue weighted by Gasteiger charge is 2.30. The molecule has 0 spiro atoms. The molecule has 4 aromatic rings. The highest BCUT2D eigenvalue weighted by Crippen LogP contribution is 2.39. The highest BCUT2D eigenvalue weighted by atomic mass is 16.1. The first-order chi connectivity index (χ1) is 18.2. The zero-order chi connectivity index (χ0) is 25.4. The summed E-state index contributed by atoms with van der Waals surface area (Å²) in [6, 6.07) is 25.8. The molecule has 0 bridgehead atoms. The molecule has 0 radical (unpaired) electrons. The Balaban J connectivity index is 0.000000136. The van der Waals surface area contributed by atoms with E-state index in [9.17, 15) is 9.59 Å². The third-order valence-electron chi connectivity index (χ3n) is 7.69. The van der Waals surface area contributed by atoms with Crippen LogP contribution in [-0.4, -0.2) is 11.6 Å². The maximum atomic E-state index is 12.6. The maximum absolute atomic E-state index is 12.6. The molecule has 4 aromatic carbocycles. The predicted octanol–water partition coefficient (Wildman–Crippen LogP) is 8.08. The molecule has 2 nitrogen and oxygen atoms in total. The SMILES string of the molecule is C1=CC2=C(CC1)CCc1c2ccc2ccccc12.C=CCc1cccc2c1C(=O)c1ccccc1C2=O. The first-order valence-corrected chi connectivity index (χ1v) is 13.0. The molecule has 0 saturated heterocycles. The van der Waals surface area contributed by atoms with Crippen molar-refractivity contribution in [1.82, 2.24) is 0 Å². The van der Waals surface area contributed by atoms with Gasteiger partial charge in [0.25, 0.3) is 0 Å². The van der Waals surface area contributed by atoms with Crippen LogP contribution in [0.1, 0.15) is 67.8 Å². The third-order valence-corrected chi connectivity index (χ3v) is 7.69. The normalized spacial score (nSPS) is 15.2. The molecule has 0 atom stereocenters. The van der Waals surface area contributed by atoms with E-state index in [0.717, 1.165) is 5.56 Å². The summed E-state index contributed by atoms with van der Waals surface area (Å²) in [6.07, 6.45) is 11.9. The van der Waals surface area contributed by atoms with E-state index in [2.05, 4.69) is 55.1 Å². The average molecular weight is 481 g/mol. The fourth-order valence-electron chi connectivity index (χ4n) is 5.93. The number of hydrogen-bond acceptors (Lipinski definition) is 2. The number of aryl methyl sites for hydroxylation is 1. The number of hydrogen-bond donors (Lipinski definition) is 0. The van der Waals surface area contributed by atoms with Crippen molar-refractivity contribution in [3.05, 3.63) is 148 Å². The van der Waals surface area contributed by atoms with Crippen LogP contribution in [-0.2, 0) is 12.8 Å². The Hall–Kier alpha value is -4.30. The van der Waals surface area contributed by atoms with E-state index in [-0.39, 0.29) is 11.6 Å². The number of fused-ring (bicyclic) bond motifs is 6. The monoisotopic (exact) mass is 480 g/mol. The van der Waals surface area contributed by atoms with Crippen molar-refractivity contribution in [2.75, 3.05) is 0 Å². The lowest BCUT2D eigenvalue weighted by atomic mass is 9.80. The van der Waals surface area contributed by atoms with Crippen LogP contribution < -0.4 is 0 Å². The molecular formula is C35H28O2. The second kappa shape index (κ2) is 9.63. The summed E-state index contributed by atoms with van der Waals surface area (Å²) >= 11 is 0. The van der Waals surface area contributed by atoms with E-state index in [1.165, 1.54) is 47.6 Å². The van der Waals surface area contributed by atoms with Crippen molar-refractivity contribution in [3.8, 4) is 0 Å². The zero-order valence-corrected chi connectivity index (χ0v) is 20.8. The Kier molecular flexibility index (Phi) is 6.02. The van der Waals surface area contributed by atoms with Crippen molar-refractivity contribution in [3.63, 3.8) is 0 Å². The highest BCUT2D eigenvalue weighted by molar-refractivity contribution is 6.28. The first kappa shape index (κ1) is 23.1. The molecule has 0 N–H and O–H groups in total. The minimum atomic E-state index is -0.0730. The molecule has 0 heterocycles. The van der Waals surface area contributed by atoms with E-state index in [4.69, 9.17) is 0 Å². The van der Waals surface area contributed by atoms with Crippen LogP contribution in [0.4, 0.5) is 0 Å². The third kappa shape index (κ3) is 3.99. The smallest absolute Gasteiger partial charge is 0.194 e. The van der Waals surface area contributed by atoms with Gasteiger partial charge in [-0.25, -0.2) is 0 Å². The fraction of sp³-hybridized carbons (Fsp3) is 0.143. The number of rotatable bonds is 2. The second-order valence-corrected chi connectivity index (χ2v) is 9.81. The number of benzene rings is 4. The van der Waals surface area contributed by atoms with E-state index >= 15 is 0 Å². The molecule has 180 valence electrons.